The Morgan fingerprint density at radius 1 is 1.40 bits per heavy atom. The Morgan fingerprint density at radius 3 is 2.76 bits per heavy atom. The summed E-state index contributed by atoms with van der Waals surface area (Å²) in [6.45, 7) is 4.18. The van der Waals surface area contributed by atoms with E-state index in [4.69, 9.17) is 9.47 Å². The van der Waals surface area contributed by atoms with E-state index < -0.39 is 0 Å². The first kappa shape index (κ1) is 19.9. The number of thiazole rings is 1. The van der Waals surface area contributed by atoms with Gasteiger partial charge in [0.25, 0.3) is 0 Å². The van der Waals surface area contributed by atoms with E-state index in [-0.39, 0.29) is 0 Å². The highest BCUT2D eigenvalue weighted by atomic mass is 32.1. The maximum Gasteiger partial charge on any atom is 0.193 e. The van der Waals surface area contributed by atoms with E-state index in [0.717, 1.165) is 62.4 Å². The van der Waals surface area contributed by atoms with E-state index in [1.165, 1.54) is 0 Å². The molecule has 8 heteroatoms. The molecule has 1 aliphatic rings. The number of aromatic nitrogens is 1. The average molecular weight is 370 g/mol. The summed E-state index contributed by atoms with van der Waals surface area (Å²) < 4.78 is 11.0. The molecule has 0 aliphatic carbocycles. The Bertz CT molecular complexity index is 527. The molecule has 1 saturated heterocycles. The molecule has 0 saturated carbocycles. The first-order valence-electron chi connectivity index (χ1n) is 8.82. The van der Waals surface area contributed by atoms with Crippen LogP contribution in [0, 0.1) is 0 Å². The molecule has 0 bridgehead atoms. The van der Waals surface area contributed by atoms with E-state index in [2.05, 4.69) is 25.6 Å². The van der Waals surface area contributed by atoms with Crippen LogP contribution in [0.5, 0.6) is 0 Å². The summed E-state index contributed by atoms with van der Waals surface area (Å²) in [5.41, 5.74) is 1.05. The van der Waals surface area contributed by atoms with Crippen molar-refractivity contribution < 1.29 is 9.47 Å². The molecule has 0 spiro atoms. The number of hydrogen-bond acceptors (Lipinski definition) is 6. The van der Waals surface area contributed by atoms with Crippen LogP contribution in [0.1, 0.15) is 25.0 Å². The maximum atomic E-state index is 5.92. The van der Waals surface area contributed by atoms with Crippen LogP contribution in [-0.4, -0.2) is 76.5 Å². The van der Waals surface area contributed by atoms with Crippen molar-refractivity contribution in [1.29, 1.82) is 0 Å². The third-order valence-electron chi connectivity index (χ3n) is 4.15. The van der Waals surface area contributed by atoms with Crippen molar-refractivity contribution in [3.63, 3.8) is 0 Å². The highest BCUT2D eigenvalue weighted by molar-refractivity contribution is 7.13. The minimum atomic E-state index is 0.354. The van der Waals surface area contributed by atoms with Gasteiger partial charge in [-0.15, -0.1) is 11.3 Å². The molecule has 1 fully saturated rings. The lowest BCUT2D eigenvalue weighted by Gasteiger charge is -2.34. The van der Waals surface area contributed by atoms with E-state index in [9.17, 15) is 0 Å². The molecular formula is C17H31N5O2S. The number of ether oxygens (including phenoxy) is 2. The lowest BCUT2D eigenvalue weighted by atomic mass is 10.1. The summed E-state index contributed by atoms with van der Waals surface area (Å²) in [7, 11) is 7.58. The Hall–Kier alpha value is -1.38. The minimum absolute atomic E-state index is 0.354. The number of piperidine rings is 1. The molecule has 2 rings (SSSR count). The van der Waals surface area contributed by atoms with Crippen LogP contribution in [0.15, 0.2) is 10.4 Å². The second kappa shape index (κ2) is 10.6. The highest BCUT2D eigenvalue weighted by Gasteiger charge is 2.21. The van der Waals surface area contributed by atoms with Gasteiger partial charge in [-0.25, -0.2) is 4.98 Å². The fourth-order valence-electron chi connectivity index (χ4n) is 2.77. The Morgan fingerprint density at radius 2 is 2.16 bits per heavy atom. The standard InChI is InChI=1S/C17H31N5O2S/c1-18-16(19-12-14-13-25-17(20-14)21(2)3)22-8-6-15(7-9-22)24-11-5-10-23-4/h13,15H,5-12H2,1-4H3,(H,18,19). The normalized spacial score (nSPS) is 16.3. The van der Waals surface area contributed by atoms with Crippen LogP contribution in [0.2, 0.25) is 0 Å². The first-order chi connectivity index (χ1) is 12.1. The Kier molecular flexibility index (Phi) is 8.43. The van der Waals surface area contributed by atoms with Crippen molar-refractivity contribution in [2.24, 2.45) is 4.99 Å². The molecular weight excluding hydrogens is 338 g/mol. The molecule has 2 heterocycles. The van der Waals surface area contributed by atoms with Crippen molar-refractivity contribution in [1.82, 2.24) is 15.2 Å². The minimum Gasteiger partial charge on any atom is -0.385 e. The zero-order valence-electron chi connectivity index (χ0n) is 15.8. The molecule has 0 aromatic carbocycles. The van der Waals surface area contributed by atoms with Crippen LogP contribution in [0.4, 0.5) is 5.13 Å². The van der Waals surface area contributed by atoms with Gasteiger partial charge in [0, 0.05) is 59.9 Å². The van der Waals surface area contributed by atoms with Crippen LogP contribution in [-0.2, 0) is 16.0 Å². The van der Waals surface area contributed by atoms with Crippen molar-refractivity contribution in [2.75, 3.05) is 59.5 Å². The topological polar surface area (TPSA) is 62.2 Å². The van der Waals surface area contributed by atoms with Crippen molar-refractivity contribution >= 4 is 22.4 Å². The monoisotopic (exact) mass is 369 g/mol. The van der Waals surface area contributed by atoms with Gasteiger partial charge in [0.1, 0.15) is 0 Å². The van der Waals surface area contributed by atoms with Gasteiger partial charge in [-0.1, -0.05) is 0 Å². The Labute approximate surface area is 155 Å². The number of methoxy groups -OCH3 is 1. The fourth-order valence-corrected chi connectivity index (χ4v) is 3.53. The molecule has 7 nitrogen and oxygen atoms in total. The largest absolute Gasteiger partial charge is 0.385 e. The summed E-state index contributed by atoms with van der Waals surface area (Å²) in [5, 5.41) is 6.55. The van der Waals surface area contributed by atoms with Gasteiger partial charge in [-0.3, -0.25) is 4.99 Å². The van der Waals surface area contributed by atoms with Gasteiger partial charge in [-0.2, -0.15) is 0 Å². The number of rotatable bonds is 8. The Balaban J connectivity index is 1.72. The number of nitrogens with one attached hydrogen (secondary N) is 1. The van der Waals surface area contributed by atoms with Crippen LogP contribution in [0.3, 0.4) is 0 Å². The molecule has 1 aromatic heterocycles. The maximum absolute atomic E-state index is 5.92. The van der Waals surface area contributed by atoms with E-state index in [0.29, 0.717) is 12.6 Å². The van der Waals surface area contributed by atoms with Crippen LogP contribution >= 0.6 is 11.3 Å². The predicted octanol–water partition coefficient (Wildman–Crippen LogP) is 1.80. The molecule has 142 valence electrons. The summed E-state index contributed by atoms with van der Waals surface area (Å²) in [5.74, 6) is 0.942. The second-order valence-corrected chi connectivity index (χ2v) is 7.16. The van der Waals surface area contributed by atoms with Crippen molar-refractivity contribution in [2.45, 2.75) is 31.9 Å². The molecule has 1 aliphatic heterocycles. The fraction of sp³-hybridized carbons (Fsp3) is 0.765. The van der Waals surface area contributed by atoms with Gasteiger partial charge in [0.15, 0.2) is 11.1 Å². The number of anilines is 1. The summed E-state index contributed by atoms with van der Waals surface area (Å²) in [6.07, 6.45) is 3.39. The van der Waals surface area contributed by atoms with Crippen LogP contribution in [0.25, 0.3) is 0 Å². The molecule has 0 unspecified atom stereocenters. The average Bonchev–Trinajstić information content (AvgIpc) is 3.10. The number of guanidine groups is 1. The number of likely N-dealkylation sites (tertiary alicyclic amines) is 1. The molecule has 1 aromatic rings. The third kappa shape index (κ3) is 6.45. The summed E-state index contributed by atoms with van der Waals surface area (Å²) in [4.78, 5) is 13.3. The van der Waals surface area contributed by atoms with E-state index >= 15 is 0 Å². The van der Waals surface area contributed by atoms with Gasteiger partial charge in [0.05, 0.1) is 18.3 Å². The molecule has 0 radical (unpaired) electrons. The summed E-state index contributed by atoms with van der Waals surface area (Å²) >= 11 is 1.66. The smallest absolute Gasteiger partial charge is 0.193 e. The molecule has 0 amide bonds. The molecule has 1 N–H and O–H groups in total. The van der Waals surface area contributed by atoms with Crippen molar-refractivity contribution in [3.8, 4) is 0 Å². The zero-order valence-corrected chi connectivity index (χ0v) is 16.6. The van der Waals surface area contributed by atoms with Gasteiger partial charge < -0.3 is 24.6 Å². The predicted molar refractivity (Wildman–Crippen MR) is 104 cm³/mol. The number of aliphatic imine (C=N–C) groups is 1. The first-order valence-corrected chi connectivity index (χ1v) is 9.70. The van der Waals surface area contributed by atoms with Crippen molar-refractivity contribution in [3.05, 3.63) is 11.1 Å². The lowest BCUT2D eigenvalue weighted by molar-refractivity contribution is 0.00989. The third-order valence-corrected chi connectivity index (χ3v) is 5.21. The number of hydrogen-bond donors (Lipinski definition) is 1. The van der Waals surface area contributed by atoms with Gasteiger partial charge in [0.2, 0.25) is 0 Å². The molecule has 0 atom stereocenters. The van der Waals surface area contributed by atoms with Gasteiger partial charge >= 0.3 is 0 Å². The second-order valence-electron chi connectivity index (χ2n) is 6.32. The SMILES string of the molecule is CN=C(NCc1csc(N(C)C)n1)N1CCC(OCCCOC)CC1. The van der Waals surface area contributed by atoms with Crippen LogP contribution < -0.4 is 10.2 Å². The lowest BCUT2D eigenvalue weighted by Crippen LogP contribution is -2.46. The van der Waals surface area contributed by atoms with E-state index in [1.807, 2.05) is 26.0 Å². The molecule has 25 heavy (non-hydrogen) atoms. The van der Waals surface area contributed by atoms with E-state index in [1.54, 1.807) is 18.4 Å². The zero-order chi connectivity index (χ0) is 18.1. The number of nitrogens with zero attached hydrogens (tertiary/aromatic N) is 4. The highest BCUT2D eigenvalue weighted by Crippen LogP contribution is 2.18. The van der Waals surface area contributed by atoms with Gasteiger partial charge in [-0.05, 0) is 19.3 Å². The summed E-state index contributed by atoms with van der Waals surface area (Å²) in [6, 6.07) is 0. The quantitative estimate of drug-likeness (QED) is 0.428.